The average molecular weight is 91.1 g/mol. The zero-order chi connectivity index (χ0) is 5.11. The second-order valence-corrected chi connectivity index (χ2v) is 1.10. The third-order valence-corrected chi connectivity index (χ3v) is 0.635. The van der Waals surface area contributed by atoms with Crippen LogP contribution in [0.25, 0.3) is 0 Å². The van der Waals surface area contributed by atoms with Crippen LogP contribution in [0, 0.1) is 18.6 Å². The molecule has 0 spiro atoms. The van der Waals surface area contributed by atoms with Crippen LogP contribution in [-0.2, 0) is 0 Å². The summed E-state index contributed by atoms with van der Waals surface area (Å²) in [5, 5.41) is 0. The van der Waals surface area contributed by atoms with Gasteiger partial charge >= 0.3 is 0 Å². The van der Waals surface area contributed by atoms with Crippen molar-refractivity contribution in [3.8, 4) is 12.3 Å². The van der Waals surface area contributed by atoms with Crippen molar-refractivity contribution in [2.45, 2.75) is 0 Å². The zero-order valence-electron chi connectivity index (χ0n) is 3.64. The summed E-state index contributed by atoms with van der Waals surface area (Å²) in [7, 11) is 0. The van der Waals surface area contributed by atoms with E-state index < -0.39 is 0 Å². The smallest absolute Gasteiger partial charge is 0.170 e. The highest BCUT2D eigenvalue weighted by molar-refractivity contribution is 5.26. The monoisotopic (exact) mass is 91.0 g/mol. The van der Waals surface area contributed by atoms with E-state index in [0.29, 0.717) is 0 Å². The first kappa shape index (κ1) is 4.01. The quantitative estimate of drug-likeness (QED) is 0.435. The number of terminal acetylenes is 1. The van der Waals surface area contributed by atoms with Crippen molar-refractivity contribution < 1.29 is 4.42 Å². The van der Waals surface area contributed by atoms with E-state index in [0.717, 1.165) is 5.56 Å². The molecule has 0 aliphatic carbocycles. The minimum absolute atomic E-state index is 0.736. The fourth-order valence-electron chi connectivity index (χ4n) is 0.305. The standard InChI is InChI=1S/C6H3O/c1-2-6-3-4-7-5-6/h1,3,5H. The second kappa shape index (κ2) is 1.53. The normalized spacial score (nSPS) is 7.86. The first-order chi connectivity index (χ1) is 3.43. The lowest BCUT2D eigenvalue weighted by atomic mass is 10.4. The van der Waals surface area contributed by atoms with Gasteiger partial charge in [-0.05, 0) is 0 Å². The van der Waals surface area contributed by atoms with Gasteiger partial charge in [0.05, 0.1) is 5.56 Å². The van der Waals surface area contributed by atoms with Crippen molar-refractivity contribution in [1.29, 1.82) is 0 Å². The summed E-state index contributed by atoms with van der Waals surface area (Å²) in [5.41, 5.74) is 0.736. The van der Waals surface area contributed by atoms with Gasteiger partial charge in [-0.15, -0.1) is 6.42 Å². The molecule has 1 aromatic heterocycles. The average Bonchev–Trinajstić information content (AvgIpc) is 2.14. The van der Waals surface area contributed by atoms with Crippen LogP contribution in [-0.4, -0.2) is 0 Å². The maximum atomic E-state index is 4.96. The van der Waals surface area contributed by atoms with Crippen LogP contribution in [0.2, 0.25) is 0 Å². The molecule has 1 heteroatoms. The van der Waals surface area contributed by atoms with Crippen molar-refractivity contribution in [3.05, 3.63) is 24.2 Å². The van der Waals surface area contributed by atoms with Gasteiger partial charge < -0.3 is 4.42 Å². The Hall–Kier alpha value is -1.16. The molecule has 0 aliphatic rings. The number of rotatable bonds is 0. The molecule has 0 atom stereocenters. The Balaban J connectivity index is 3.04. The molecule has 0 amide bonds. The molecule has 33 valence electrons. The molecule has 0 saturated carbocycles. The summed E-state index contributed by atoms with van der Waals surface area (Å²) in [5.74, 6) is 2.38. The molecule has 1 heterocycles. The molecule has 0 aromatic carbocycles. The van der Waals surface area contributed by atoms with Gasteiger partial charge in [0.25, 0.3) is 0 Å². The van der Waals surface area contributed by atoms with Crippen molar-refractivity contribution in [1.82, 2.24) is 0 Å². The van der Waals surface area contributed by atoms with Gasteiger partial charge in [-0.3, -0.25) is 0 Å². The van der Waals surface area contributed by atoms with Gasteiger partial charge in [0.15, 0.2) is 6.26 Å². The van der Waals surface area contributed by atoms with Gasteiger partial charge in [-0.25, -0.2) is 0 Å². The van der Waals surface area contributed by atoms with E-state index in [1.165, 1.54) is 6.26 Å². The third-order valence-electron chi connectivity index (χ3n) is 0.635. The van der Waals surface area contributed by atoms with Gasteiger partial charge in [0, 0.05) is 6.07 Å². The fourth-order valence-corrected chi connectivity index (χ4v) is 0.305. The summed E-state index contributed by atoms with van der Waals surface area (Å²) >= 11 is 0. The molecule has 0 fully saturated rings. The van der Waals surface area contributed by atoms with Crippen LogP contribution in [0.5, 0.6) is 0 Å². The lowest BCUT2D eigenvalue weighted by molar-refractivity contribution is 0.557. The van der Waals surface area contributed by atoms with E-state index in [-0.39, 0.29) is 0 Å². The molecule has 1 nitrogen and oxygen atoms in total. The zero-order valence-corrected chi connectivity index (χ0v) is 3.64. The van der Waals surface area contributed by atoms with Crippen LogP contribution in [0.3, 0.4) is 0 Å². The lowest BCUT2D eigenvalue weighted by Gasteiger charge is -1.64. The Kier molecular flexibility index (Phi) is 0.874. The summed E-state index contributed by atoms with van der Waals surface area (Å²) in [6, 6.07) is 1.61. The molecule has 0 N–H and O–H groups in total. The Morgan fingerprint density at radius 2 is 2.71 bits per heavy atom. The van der Waals surface area contributed by atoms with Crippen molar-refractivity contribution in [2.24, 2.45) is 0 Å². The Morgan fingerprint density at radius 1 is 1.86 bits per heavy atom. The van der Waals surface area contributed by atoms with Crippen LogP contribution in [0.15, 0.2) is 16.7 Å². The van der Waals surface area contributed by atoms with E-state index in [4.69, 9.17) is 6.42 Å². The summed E-state index contributed by atoms with van der Waals surface area (Å²) < 4.78 is 4.54. The third kappa shape index (κ3) is 0.635. The van der Waals surface area contributed by atoms with E-state index in [1.807, 2.05) is 0 Å². The molecule has 1 aromatic rings. The largest absolute Gasteiger partial charge is 0.460 e. The highest BCUT2D eigenvalue weighted by atomic mass is 16.3. The Bertz CT molecular complexity index is 167. The number of hydrogen-bond donors (Lipinski definition) is 0. The fraction of sp³-hybridized carbons (Fsp3) is 0. The van der Waals surface area contributed by atoms with Crippen molar-refractivity contribution >= 4 is 0 Å². The first-order valence-electron chi connectivity index (χ1n) is 1.84. The first-order valence-corrected chi connectivity index (χ1v) is 1.84. The summed E-state index contributed by atoms with van der Waals surface area (Å²) in [6.07, 6.45) is 8.90. The minimum atomic E-state index is 0.736. The summed E-state index contributed by atoms with van der Waals surface area (Å²) in [6.45, 7) is 0. The molecule has 7 heavy (non-hydrogen) atoms. The minimum Gasteiger partial charge on any atom is -0.460 e. The number of hydrogen-bond acceptors (Lipinski definition) is 1. The van der Waals surface area contributed by atoms with Crippen LogP contribution in [0.1, 0.15) is 5.56 Å². The van der Waals surface area contributed by atoms with E-state index in [9.17, 15) is 0 Å². The maximum Gasteiger partial charge on any atom is 0.170 e. The molecule has 0 unspecified atom stereocenters. The van der Waals surface area contributed by atoms with E-state index in [1.54, 1.807) is 6.07 Å². The van der Waals surface area contributed by atoms with E-state index >= 15 is 0 Å². The summed E-state index contributed by atoms with van der Waals surface area (Å²) in [4.78, 5) is 0. The van der Waals surface area contributed by atoms with Crippen LogP contribution >= 0.6 is 0 Å². The Labute approximate surface area is 42.0 Å². The SMILES string of the molecule is C#Cc1c[c]oc1. The van der Waals surface area contributed by atoms with Crippen LogP contribution in [0.4, 0.5) is 0 Å². The van der Waals surface area contributed by atoms with Gasteiger partial charge in [0.2, 0.25) is 0 Å². The predicted octanol–water partition coefficient (Wildman–Crippen LogP) is 1.06. The van der Waals surface area contributed by atoms with Gasteiger partial charge in [-0.1, -0.05) is 5.92 Å². The maximum absolute atomic E-state index is 4.96. The molecule has 1 rings (SSSR count). The van der Waals surface area contributed by atoms with Gasteiger partial charge in [0.1, 0.15) is 6.26 Å². The molecule has 1 radical (unpaired) electrons. The lowest BCUT2D eigenvalue weighted by Crippen LogP contribution is -1.54. The van der Waals surface area contributed by atoms with E-state index in [2.05, 4.69) is 16.6 Å². The molecular weight excluding hydrogens is 88.1 g/mol. The number of furan rings is 1. The Morgan fingerprint density at radius 3 is 3.00 bits per heavy atom. The van der Waals surface area contributed by atoms with Crippen molar-refractivity contribution in [2.75, 3.05) is 0 Å². The highest BCUT2D eigenvalue weighted by Crippen LogP contribution is 1.93. The molecule has 0 saturated heterocycles. The second-order valence-electron chi connectivity index (χ2n) is 1.10. The molecular formula is C6H3O. The van der Waals surface area contributed by atoms with Crippen LogP contribution < -0.4 is 0 Å². The molecule has 0 aliphatic heterocycles. The van der Waals surface area contributed by atoms with Crippen molar-refractivity contribution in [3.63, 3.8) is 0 Å². The highest BCUT2D eigenvalue weighted by Gasteiger charge is 1.81. The topological polar surface area (TPSA) is 13.1 Å². The molecule has 0 bridgehead atoms. The predicted molar refractivity (Wildman–Crippen MR) is 25.5 cm³/mol. The van der Waals surface area contributed by atoms with Gasteiger partial charge in [-0.2, -0.15) is 0 Å².